The fourth-order valence-electron chi connectivity index (χ4n) is 6.08. The summed E-state index contributed by atoms with van der Waals surface area (Å²) in [5.41, 5.74) is 2.23. The Morgan fingerprint density at radius 3 is 2.35 bits per heavy atom. The van der Waals surface area contributed by atoms with Crippen LogP contribution < -0.4 is 10.1 Å². The number of aliphatic hydroxyl groups is 1. The fraction of sp³-hybridized carbons (Fsp3) is 0.500. The molecule has 40 heavy (non-hydrogen) atoms. The fourth-order valence-corrected chi connectivity index (χ4v) is 6.08. The van der Waals surface area contributed by atoms with Crippen LogP contribution in [0.4, 0.5) is 13.2 Å². The molecule has 0 aromatic heterocycles. The molecule has 2 aromatic rings. The number of fused-ring (bicyclic) bond motifs is 1. The van der Waals surface area contributed by atoms with Crippen LogP contribution in [0.1, 0.15) is 83.2 Å². The molecule has 1 aliphatic carbocycles. The van der Waals surface area contributed by atoms with Gasteiger partial charge in [-0.05, 0) is 61.3 Å². The summed E-state index contributed by atoms with van der Waals surface area (Å²) < 4.78 is 45.6. The first kappa shape index (κ1) is 28.1. The number of hydrogen-bond acceptors (Lipinski definition) is 5. The van der Waals surface area contributed by atoms with E-state index in [1.54, 1.807) is 12.1 Å². The number of amides is 3. The maximum absolute atomic E-state index is 13.3. The zero-order valence-corrected chi connectivity index (χ0v) is 22.1. The van der Waals surface area contributed by atoms with Crippen molar-refractivity contribution in [3.63, 3.8) is 0 Å². The van der Waals surface area contributed by atoms with Crippen molar-refractivity contribution in [2.24, 2.45) is 11.8 Å². The molecule has 1 saturated heterocycles. The zero-order valence-electron chi connectivity index (χ0n) is 22.1. The normalized spacial score (nSPS) is 25.7. The predicted molar refractivity (Wildman–Crippen MR) is 139 cm³/mol. The van der Waals surface area contributed by atoms with Gasteiger partial charge in [-0.15, -0.1) is 0 Å². The molecule has 5 rings (SSSR count). The molecule has 214 valence electrons. The van der Waals surface area contributed by atoms with E-state index in [1.807, 2.05) is 24.3 Å². The van der Waals surface area contributed by atoms with Gasteiger partial charge in [0.2, 0.25) is 5.91 Å². The highest BCUT2D eigenvalue weighted by molar-refractivity contribution is 6.23. The van der Waals surface area contributed by atoms with Gasteiger partial charge in [0.05, 0.1) is 23.1 Å². The summed E-state index contributed by atoms with van der Waals surface area (Å²) in [4.78, 5) is 38.9. The van der Waals surface area contributed by atoms with E-state index in [0.717, 1.165) is 35.3 Å². The average molecular weight is 559 g/mol. The molecule has 2 aromatic carbocycles. The third kappa shape index (κ3) is 6.01. The van der Waals surface area contributed by atoms with E-state index < -0.39 is 36.2 Å². The highest BCUT2D eigenvalue weighted by atomic mass is 19.4. The molecule has 2 fully saturated rings. The standard InChI is InChI=1S/C30H33F3N2O5/c31-30(32,33)21-5-2-1-4-18(12-13-21)16-19-8-10-20(11-9-19)17-40-24-7-3-6-22-26(24)29(39)35(28(22)38)23-14-15-25(36)34-27(23)37/h3,6-11,18,21,23,27,37H,1-2,4-5,12-17H2,(H,34,36). The van der Waals surface area contributed by atoms with Crippen LogP contribution in [0.2, 0.25) is 0 Å². The number of hydrogen-bond donors (Lipinski definition) is 2. The quantitative estimate of drug-likeness (QED) is 0.478. The minimum Gasteiger partial charge on any atom is -0.488 e. The molecule has 3 amide bonds. The number of halogens is 3. The summed E-state index contributed by atoms with van der Waals surface area (Å²) in [6.07, 6.45) is -1.09. The molecule has 2 heterocycles. The number of ether oxygens (including phenoxy) is 1. The first-order valence-corrected chi connectivity index (χ1v) is 13.9. The highest BCUT2D eigenvalue weighted by Gasteiger charge is 2.46. The Labute approximate surface area is 230 Å². The topological polar surface area (TPSA) is 95.9 Å². The van der Waals surface area contributed by atoms with Gasteiger partial charge in [-0.3, -0.25) is 19.3 Å². The Hall–Kier alpha value is -3.40. The second kappa shape index (κ2) is 11.6. The van der Waals surface area contributed by atoms with Gasteiger partial charge in [-0.2, -0.15) is 13.2 Å². The van der Waals surface area contributed by atoms with E-state index in [1.165, 1.54) is 6.07 Å². The molecule has 3 aliphatic rings. The number of piperidine rings is 1. The molecule has 2 aliphatic heterocycles. The van der Waals surface area contributed by atoms with Crippen LogP contribution in [0.15, 0.2) is 42.5 Å². The number of nitrogens with one attached hydrogen (secondary N) is 1. The highest BCUT2D eigenvalue weighted by Crippen LogP contribution is 2.38. The van der Waals surface area contributed by atoms with Crippen molar-refractivity contribution < 1.29 is 37.4 Å². The van der Waals surface area contributed by atoms with Crippen LogP contribution in [0.5, 0.6) is 5.75 Å². The van der Waals surface area contributed by atoms with Crippen LogP contribution in [0.25, 0.3) is 0 Å². The molecule has 10 heteroatoms. The van der Waals surface area contributed by atoms with Crippen LogP contribution in [-0.4, -0.2) is 46.2 Å². The SMILES string of the molecule is O=C1CCC(N2C(=O)c3cccc(OCc4ccc(CC5CCCCC(C(F)(F)F)CC5)cc4)c3C2=O)C(O)N1. The number of imide groups is 1. The van der Waals surface area contributed by atoms with Gasteiger partial charge in [-0.1, -0.05) is 49.6 Å². The van der Waals surface area contributed by atoms with Gasteiger partial charge in [0, 0.05) is 6.42 Å². The monoisotopic (exact) mass is 558 g/mol. The lowest BCUT2D eigenvalue weighted by molar-refractivity contribution is -0.180. The number of nitrogens with zero attached hydrogens (tertiary/aromatic N) is 1. The number of benzene rings is 2. The van der Waals surface area contributed by atoms with E-state index in [0.29, 0.717) is 12.8 Å². The summed E-state index contributed by atoms with van der Waals surface area (Å²) in [6.45, 7) is 0.150. The van der Waals surface area contributed by atoms with Crippen molar-refractivity contribution in [1.82, 2.24) is 10.2 Å². The maximum atomic E-state index is 13.3. The van der Waals surface area contributed by atoms with Crippen molar-refractivity contribution in [3.8, 4) is 5.75 Å². The summed E-state index contributed by atoms with van der Waals surface area (Å²) in [5, 5.41) is 12.7. The van der Waals surface area contributed by atoms with Crippen molar-refractivity contribution in [1.29, 1.82) is 0 Å². The molecule has 0 spiro atoms. The van der Waals surface area contributed by atoms with Crippen molar-refractivity contribution in [2.75, 3.05) is 0 Å². The second-order valence-electron chi connectivity index (χ2n) is 11.1. The summed E-state index contributed by atoms with van der Waals surface area (Å²) in [7, 11) is 0. The minimum atomic E-state index is -4.12. The number of alkyl halides is 3. The Kier molecular flexibility index (Phi) is 8.16. The Morgan fingerprint density at radius 2 is 1.62 bits per heavy atom. The van der Waals surface area contributed by atoms with E-state index in [-0.39, 0.29) is 61.0 Å². The Bertz CT molecular complexity index is 1260. The van der Waals surface area contributed by atoms with Gasteiger partial charge >= 0.3 is 6.18 Å². The van der Waals surface area contributed by atoms with Crippen LogP contribution in [0, 0.1) is 11.8 Å². The van der Waals surface area contributed by atoms with Crippen molar-refractivity contribution in [3.05, 3.63) is 64.7 Å². The van der Waals surface area contributed by atoms with E-state index in [4.69, 9.17) is 4.74 Å². The molecule has 4 atom stereocenters. The number of carbonyl (C=O) groups excluding carboxylic acids is 3. The lowest BCUT2D eigenvalue weighted by Crippen LogP contribution is -2.57. The van der Waals surface area contributed by atoms with Gasteiger partial charge in [0.15, 0.2) is 0 Å². The van der Waals surface area contributed by atoms with Crippen LogP contribution in [-0.2, 0) is 17.8 Å². The predicted octanol–water partition coefficient (Wildman–Crippen LogP) is 5.15. The molecule has 1 saturated carbocycles. The smallest absolute Gasteiger partial charge is 0.391 e. The molecule has 0 bridgehead atoms. The van der Waals surface area contributed by atoms with Crippen molar-refractivity contribution in [2.45, 2.75) is 82.8 Å². The van der Waals surface area contributed by atoms with Gasteiger partial charge < -0.3 is 15.2 Å². The molecule has 2 N–H and O–H groups in total. The van der Waals surface area contributed by atoms with Crippen LogP contribution in [0.3, 0.4) is 0 Å². The third-order valence-electron chi connectivity index (χ3n) is 8.32. The van der Waals surface area contributed by atoms with Gasteiger partial charge in [0.25, 0.3) is 11.8 Å². The minimum absolute atomic E-state index is 0.101. The number of carbonyl (C=O) groups is 3. The molecular weight excluding hydrogens is 525 g/mol. The largest absolute Gasteiger partial charge is 0.488 e. The lowest BCUT2D eigenvalue weighted by Gasteiger charge is -2.33. The number of aliphatic hydroxyl groups excluding tert-OH is 1. The van der Waals surface area contributed by atoms with E-state index in [2.05, 4.69) is 5.32 Å². The molecule has 4 unspecified atom stereocenters. The summed E-state index contributed by atoms with van der Waals surface area (Å²) >= 11 is 0. The van der Waals surface area contributed by atoms with E-state index in [9.17, 15) is 32.7 Å². The van der Waals surface area contributed by atoms with Crippen LogP contribution >= 0.6 is 0 Å². The zero-order chi connectivity index (χ0) is 28.4. The van der Waals surface area contributed by atoms with E-state index >= 15 is 0 Å². The summed E-state index contributed by atoms with van der Waals surface area (Å²) in [5.74, 6) is -2.16. The maximum Gasteiger partial charge on any atom is 0.391 e. The Morgan fingerprint density at radius 1 is 0.900 bits per heavy atom. The third-order valence-corrected chi connectivity index (χ3v) is 8.32. The van der Waals surface area contributed by atoms with Crippen molar-refractivity contribution >= 4 is 17.7 Å². The summed E-state index contributed by atoms with van der Waals surface area (Å²) in [6, 6.07) is 11.7. The molecule has 0 radical (unpaired) electrons. The van der Waals surface area contributed by atoms with Gasteiger partial charge in [-0.25, -0.2) is 0 Å². The lowest BCUT2D eigenvalue weighted by atomic mass is 9.82. The molecule has 7 nitrogen and oxygen atoms in total. The second-order valence-corrected chi connectivity index (χ2v) is 11.1. The number of rotatable bonds is 6. The molecular formula is C30H33F3N2O5. The Balaban J connectivity index is 1.21. The van der Waals surface area contributed by atoms with Gasteiger partial charge in [0.1, 0.15) is 18.6 Å². The first-order chi connectivity index (χ1) is 19.1. The first-order valence-electron chi connectivity index (χ1n) is 13.9. The average Bonchev–Trinajstić information content (AvgIpc) is 3.15.